The lowest BCUT2D eigenvalue weighted by atomic mass is 9.82. The smallest absolute Gasteiger partial charge is 0.266 e. The molecule has 1 fully saturated rings. The molecule has 0 spiro atoms. The molecule has 0 unspecified atom stereocenters. The third-order valence-electron chi connectivity index (χ3n) is 6.22. The lowest BCUT2D eigenvalue weighted by molar-refractivity contribution is -0.163. The molecule has 2 aliphatic rings. The van der Waals surface area contributed by atoms with E-state index in [-0.39, 0.29) is 18.4 Å². The average molecular weight is 400 g/mol. The zero-order valence-electron chi connectivity index (χ0n) is 17.3. The van der Waals surface area contributed by atoms with Crippen molar-refractivity contribution >= 4 is 28.9 Å². The summed E-state index contributed by atoms with van der Waals surface area (Å²) in [5.74, 6) is -0.224. The number of para-hydroxylation sites is 1. The van der Waals surface area contributed by atoms with Crippen molar-refractivity contribution in [2.24, 2.45) is 5.10 Å². The second kappa shape index (κ2) is 6.55. The Balaban J connectivity index is 1.52. The van der Waals surface area contributed by atoms with Crippen LogP contribution in [0.4, 0.5) is 0 Å². The van der Waals surface area contributed by atoms with Gasteiger partial charge < -0.3 is 9.88 Å². The third kappa shape index (κ3) is 2.75. The molecule has 2 aromatic carbocycles. The summed E-state index contributed by atoms with van der Waals surface area (Å²) in [5, 5.41) is 6.81. The number of aromatic amines is 1. The van der Waals surface area contributed by atoms with E-state index in [9.17, 15) is 9.59 Å². The number of hydrogen-bond acceptors (Lipinski definition) is 3. The Kier molecular flexibility index (Phi) is 4.07. The number of nitrogens with one attached hydrogen (secondary N) is 1. The first-order chi connectivity index (χ1) is 14.4. The molecule has 3 aromatic rings. The third-order valence-corrected chi connectivity index (χ3v) is 6.22. The van der Waals surface area contributed by atoms with Gasteiger partial charge in [-0.2, -0.15) is 5.10 Å². The standard InChI is InChI=1S/C24H24N4O2/c1-15-7-6-8-16(11-15)13-25-27-14-21(29)28-20(23(27)30)12-18-17-9-4-5-10-19(17)26-22(18)24(28,2)3/h4-11,13,20,26H,12,14H2,1-3H3/b25-13+/t20-/m0/s1. The summed E-state index contributed by atoms with van der Waals surface area (Å²) in [6.07, 6.45) is 2.14. The number of amides is 2. The van der Waals surface area contributed by atoms with Crippen LogP contribution in [0.5, 0.6) is 0 Å². The molecule has 152 valence electrons. The van der Waals surface area contributed by atoms with Crippen molar-refractivity contribution in [1.82, 2.24) is 14.9 Å². The minimum absolute atomic E-state index is 0.0450. The number of aryl methyl sites for hydroxylation is 1. The summed E-state index contributed by atoms with van der Waals surface area (Å²) in [6, 6.07) is 15.4. The van der Waals surface area contributed by atoms with Crippen LogP contribution in [-0.2, 0) is 21.5 Å². The van der Waals surface area contributed by atoms with Crippen molar-refractivity contribution in [1.29, 1.82) is 0 Å². The lowest BCUT2D eigenvalue weighted by Crippen LogP contribution is -2.66. The number of rotatable bonds is 2. The molecule has 30 heavy (non-hydrogen) atoms. The fourth-order valence-electron chi connectivity index (χ4n) is 4.85. The Morgan fingerprint density at radius 1 is 1.13 bits per heavy atom. The number of benzene rings is 2. The molecule has 6 heteroatoms. The van der Waals surface area contributed by atoms with Gasteiger partial charge in [0.2, 0.25) is 5.91 Å². The van der Waals surface area contributed by atoms with Crippen molar-refractivity contribution in [3.05, 3.63) is 70.9 Å². The predicted molar refractivity (Wildman–Crippen MR) is 116 cm³/mol. The predicted octanol–water partition coefficient (Wildman–Crippen LogP) is 3.34. The first-order valence-electron chi connectivity index (χ1n) is 10.2. The van der Waals surface area contributed by atoms with E-state index in [1.165, 1.54) is 5.01 Å². The number of H-pyrrole nitrogens is 1. The van der Waals surface area contributed by atoms with Crippen molar-refractivity contribution < 1.29 is 9.59 Å². The molecule has 0 aliphatic carbocycles. The molecule has 0 saturated carbocycles. The SMILES string of the molecule is Cc1cccc(/C=N/N2CC(=O)N3[C@@H](Cc4c([nH]c5ccccc45)C3(C)C)C2=O)c1. The second-order valence-corrected chi connectivity index (χ2v) is 8.62. The summed E-state index contributed by atoms with van der Waals surface area (Å²) in [5.41, 5.74) is 4.58. The largest absolute Gasteiger partial charge is 0.356 e. The molecule has 1 aromatic heterocycles. The van der Waals surface area contributed by atoms with E-state index < -0.39 is 11.6 Å². The number of hydrazone groups is 1. The van der Waals surface area contributed by atoms with Gasteiger partial charge in [-0.25, -0.2) is 5.01 Å². The normalized spacial score (nSPS) is 20.7. The van der Waals surface area contributed by atoms with Crippen LogP contribution in [0.15, 0.2) is 53.6 Å². The van der Waals surface area contributed by atoms with Gasteiger partial charge in [0.25, 0.3) is 5.91 Å². The Hall–Kier alpha value is -3.41. The van der Waals surface area contributed by atoms with E-state index in [0.717, 1.165) is 33.3 Å². The molecule has 2 aliphatic heterocycles. The fraction of sp³-hybridized carbons (Fsp3) is 0.292. The Bertz CT molecular complexity index is 1210. The van der Waals surface area contributed by atoms with Crippen molar-refractivity contribution in [2.75, 3.05) is 6.54 Å². The first-order valence-corrected chi connectivity index (χ1v) is 10.2. The number of nitrogens with zero attached hydrogens (tertiary/aromatic N) is 3. The topological polar surface area (TPSA) is 68.8 Å². The summed E-state index contributed by atoms with van der Waals surface area (Å²) in [7, 11) is 0. The van der Waals surface area contributed by atoms with Gasteiger partial charge in [-0.05, 0) is 38.0 Å². The minimum Gasteiger partial charge on any atom is -0.356 e. The highest BCUT2D eigenvalue weighted by Crippen LogP contribution is 2.42. The van der Waals surface area contributed by atoms with E-state index in [0.29, 0.717) is 6.42 Å². The van der Waals surface area contributed by atoms with Gasteiger partial charge in [0.05, 0.1) is 11.8 Å². The summed E-state index contributed by atoms with van der Waals surface area (Å²) >= 11 is 0. The Labute approximate surface area is 175 Å². The zero-order chi connectivity index (χ0) is 21.0. The van der Waals surface area contributed by atoms with Crippen LogP contribution in [-0.4, -0.2) is 45.5 Å². The Morgan fingerprint density at radius 2 is 1.93 bits per heavy atom. The van der Waals surface area contributed by atoms with Crippen LogP contribution in [0.25, 0.3) is 10.9 Å². The zero-order valence-corrected chi connectivity index (χ0v) is 17.3. The summed E-state index contributed by atoms with van der Waals surface area (Å²) in [4.78, 5) is 31.7. The molecule has 1 saturated heterocycles. The molecule has 0 bridgehead atoms. The van der Waals surface area contributed by atoms with Crippen molar-refractivity contribution in [3.8, 4) is 0 Å². The van der Waals surface area contributed by atoms with Gasteiger partial charge in [0, 0.05) is 23.0 Å². The number of carbonyl (C=O) groups excluding carboxylic acids is 2. The maximum atomic E-state index is 13.4. The summed E-state index contributed by atoms with van der Waals surface area (Å²) < 4.78 is 0. The van der Waals surface area contributed by atoms with Crippen LogP contribution in [0, 0.1) is 6.92 Å². The second-order valence-electron chi connectivity index (χ2n) is 8.62. The average Bonchev–Trinajstić information content (AvgIpc) is 3.09. The maximum absolute atomic E-state index is 13.4. The van der Waals surface area contributed by atoms with E-state index in [2.05, 4.69) is 16.2 Å². The van der Waals surface area contributed by atoms with Crippen LogP contribution in [0.2, 0.25) is 0 Å². The highest BCUT2D eigenvalue weighted by Gasteiger charge is 2.51. The molecule has 2 amide bonds. The van der Waals surface area contributed by atoms with Crippen LogP contribution >= 0.6 is 0 Å². The monoisotopic (exact) mass is 400 g/mol. The first kappa shape index (κ1) is 18.6. The van der Waals surface area contributed by atoms with Crippen LogP contribution < -0.4 is 0 Å². The number of carbonyl (C=O) groups is 2. The van der Waals surface area contributed by atoms with Gasteiger partial charge >= 0.3 is 0 Å². The number of aromatic nitrogens is 1. The fourth-order valence-corrected chi connectivity index (χ4v) is 4.85. The molecule has 5 rings (SSSR count). The van der Waals surface area contributed by atoms with Crippen molar-refractivity contribution in [3.63, 3.8) is 0 Å². The molecular formula is C24H24N4O2. The molecule has 3 heterocycles. The summed E-state index contributed by atoms with van der Waals surface area (Å²) in [6.45, 7) is 5.97. The van der Waals surface area contributed by atoms with Crippen molar-refractivity contribution in [2.45, 2.75) is 38.8 Å². The van der Waals surface area contributed by atoms with Gasteiger partial charge in [-0.3, -0.25) is 9.59 Å². The van der Waals surface area contributed by atoms with Gasteiger partial charge in [0.15, 0.2) is 0 Å². The molecule has 6 nitrogen and oxygen atoms in total. The van der Waals surface area contributed by atoms with Gasteiger partial charge in [-0.1, -0.05) is 48.0 Å². The van der Waals surface area contributed by atoms with E-state index in [4.69, 9.17) is 0 Å². The highest BCUT2D eigenvalue weighted by molar-refractivity contribution is 5.98. The van der Waals surface area contributed by atoms with Crippen LogP contribution in [0.3, 0.4) is 0 Å². The maximum Gasteiger partial charge on any atom is 0.266 e. The molecule has 1 atom stereocenters. The molecular weight excluding hydrogens is 376 g/mol. The Morgan fingerprint density at radius 3 is 2.73 bits per heavy atom. The number of hydrogen-bond donors (Lipinski definition) is 1. The lowest BCUT2D eigenvalue weighted by Gasteiger charge is -2.50. The van der Waals surface area contributed by atoms with E-state index >= 15 is 0 Å². The van der Waals surface area contributed by atoms with Gasteiger partial charge in [0.1, 0.15) is 12.6 Å². The molecule has 0 radical (unpaired) electrons. The highest BCUT2D eigenvalue weighted by atomic mass is 16.2. The van der Waals surface area contributed by atoms with E-state index in [1.54, 1.807) is 11.1 Å². The van der Waals surface area contributed by atoms with Gasteiger partial charge in [-0.15, -0.1) is 0 Å². The van der Waals surface area contributed by atoms with E-state index in [1.807, 2.05) is 63.2 Å². The number of piperazine rings is 1. The minimum atomic E-state index is -0.601. The quantitative estimate of drug-likeness (QED) is 0.671. The number of fused-ring (bicyclic) bond motifs is 4. The molecule has 1 N–H and O–H groups in total. The van der Waals surface area contributed by atoms with Crippen LogP contribution in [0.1, 0.15) is 36.2 Å².